The molecule has 0 fully saturated rings. The molecule has 8 heteroatoms. The van der Waals surface area contributed by atoms with Crippen LogP contribution in [0.5, 0.6) is 11.5 Å². The second-order valence-corrected chi connectivity index (χ2v) is 3.35. The van der Waals surface area contributed by atoms with Crippen LogP contribution in [0.2, 0.25) is 0 Å². The Hall–Kier alpha value is -2.35. The summed E-state index contributed by atoms with van der Waals surface area (Å²) in [7, 11) is 1.37. The highest BCUT2D eigenvalue weighted by atomic mass is 16.6. The fraction of sp³-hybridized carbons (Fsp3) is 0.300. The van der Waals surface area contributed by atoms with Crippen LogP contribution in [-0.2, 0) is 4.79 Å². The zero-order valence-corrected chi connectivity index (χ0v) is 9.53. The number of nitrogens with zero attached hydrogens (tertiary/aromatic N) is 1. The van der Waals surface area contributed by atoms with Crippen LogP contribution < -0.4 is 15.2 Å². The van der Waals surface area contributed by atoms with Gasteiger partial charge in [0.15, 0.2) is 11.5 Å². The summed E-state index contributed by atoms with van der Waals surface area (Å²) < 4.78 is 10.0. The van der Waals surface area contributed by atoms with Crippen LogP contribution in [0, 0.1) is 10.1 Å². The van der Waals surface area contributed by atoms with Gasteiger partial charge in [-0.15, -0.1) is 0 Å². The molecule has 1 aromatic rings. The van der Waals surface area contributed by atoms with Crippen molar-refractivity contribution in [3.05, 3.63) is 28.3 Å². The van der Waals surface area contributed by atoms with E-state index in [0.717, 1.165) is 6.07 Å². The minimum atomic E-state index is -1.22. The molecule has 0 saturated carbocycles. The molecule has 18 heavy (non-hydrogen) atoms. The number of ether oxygens (including phenoxy) is 2. The Kier molecular flexibility index (Phi) is 4.44. The maximum Gasteiger partial charge on any atom is 0.324 e. The number of hydrogen-bond acceptors (Lipinski definition) is 6. The van der Waals surface area contributed by atoms with E-state index in [0.29, 0.717) is 0 Å². The van der Waals surface area contributed by atoms with Crippen molar-refractivity contribution in [2.24, 2.45) is 5.73 Å². The molecule has 1 aromatic carbocycles. The molecule has 0 aliphatic carbocycles. The first-order chi connectivity index (χ1) is 8.45. The molecule has 0 aliphatic heterocycles. The lowest BCUT2D eigenvalue weighted by Gasteiger charge is -2.12. The maximum absolute atomic E-state index is 10.6. The summed E-state index contributed by atoms with van der Waals surface area (Å²) >= 11 is 0. The zero-order valence-electron chi connectivity index (χ0n) is 9.53. The average molecular weight is 256 g/mol. The van der Waals surface area contributed by atoms with Crippen LogP contribution in [0.25, 0.3) is 0 Å². The van der Waals surface area contributed by atoms with Crippen LogP contribution in [0.15, 0.2) is 18.2 Å². The van der Waals surface area contributed by atoms with Gasteiger partial charge < -0.3 is 20.3 Å². The number of benzene rings is 1. The first-order valence-electron chi connectivity index (χ1n) is 4.89. The quantitative estimate of drug-likeness (QED) is 0.557. The summed E-state index contributed by atoms with van der Waals surface area (Å²) in [6.07, 6.45) is 0. The monoisotopic (exact) mass is 256 g/mol. The Bertz CT molecular complexity index is 462. The predicted octanol–water partition coefficient (Wildman–Crippen LogP) is 0.394. The standard InChI is InChI=1S/C10H12N2O6/c1-17-8-3-2-6(12(15)16)4-9(8)18-5-7(11)10(13)14/h2-4,7H,5,11H2,1H3,(H,13,14). The minimum Gasteiger partial charge on any atom is -0.493 e. The summed E-state index contributed by atoms with van der Waals surface area (Å²) in [5.41, 5.74) is 5.07. The van der Waals surface area contributed by atoms with E-state index in [9.17, 15) is 14.9 Å². The van der Waals surface area contributed by atoms with E-state index in [-0.39, 0.29) is 23.8 Å². The number of aliphatic carboxylic acids is 1. The second kappa shape index (κ2) is 5.82. The molecule has 98 valence electrons. The molecule has 0 radical (unpaired) electrons. The van der Waals surface area contributed by atoms with E-state index in [1.54, 1.807) is 0 Å². The largest absolute Gasteiger partial charge is 0.493 e. The molecule has 0 saturated heterocycles. The Balaban J connectivity index is 2.88. The number of carbonyl (C=O) groups is 1. The summed E-state index contributed by atoms with van der Waals surface area (Å²) in [6.45, 7) is -0.313. The van der Waals surface area contributed by atoms with Crippen LogP contribution in [0.1, 0.15) is 0 Å². The number of nitro groups is 1. The lowest BCUT2D eigenvalue weighted by atomic mass is 10.2. The predicted molar refractivity (Wildman–Crippen MR) is 60.8 cm³/mol. The molecule has 3 N–H and O–H groups in total. The lowest BCUT2D eigenvalue weighted by Crippen LogP contribution is -2.36. The van der Waals surface area contributed by atoms with Crippen molar-refractivity contribution in [2.75, 3.05) is 13.7 Å². The number of hydrogen-bond donors (Lipinski definition) is 2. The number of methoxy groups -OCH3 is 1. The number of carboxylic acid groups (broad SMARTS) is 1. The van der Waals surface area contributed by atoms with Gasteiger partial charge in [-0.2, -0.15) is 0 Å². The van der Waals surface area contributed by atoms with Crippen LogP contribution >= 0.6 is 0 Å². The van der Waals surface area contributed by atoms with E-state index in [1.165, 1.54) is 19.2 Å². The highest BCUT2D eigenvalue weighted by Crippen LogP contribution is 2.31. The van der Waals surface area contributed by atoms with E-state index in [4.69, 9.17) is 20.3 Å². The van der Waals surface area contributed by atoms with Crippen molar-refractivity contribution in [3.8, 4) is 11.5 Å². The molecule has 0 aliphatic rings. The summed E-state index contributed by atoms with van der Waals surface area (Å²) in [5, 5.41) is 19.2. The number of non-ortho nitro benzene ring substituents is 1. The molecule has 0 amide bonds. The van der Waals surface area contributed by atoms with Crippen molar-refractivity contribution >= 4 is 11.7 Å². The number of nitrogens with two attached hydrogens (primary N) is 1. The van der Waals surface area contributed by atoms with Crippen LogP contribution in [-0.4, -0.2) is 35.8 Å². The molecule has 1 atom stereocenters. The SMILES string of the molecule is COc1ccc([N+](=O)[O-])cc1OCC(N)C(=O)O. The molecule has 1 rings (SSSR count). The second-order valence-electron chi connectivity index (χ2n) is 3.35. The van der Waals surface area contributed by atoms with E-state index >= 15 is 0 Å². The molecule has 0 aromatic heterocycles. The van der Waals surface area contributed by atoms with Crippen LogP contribution in [0.3, 0.4) is 0 Å². The van der Waals surface area contributed by atoms with Gasteiger partial charge in [-0.1, -0.05) is 0 Å². The maximum atomic E-state index is 10.6. The fourth-order valence-electron chi connectivity index (χ4n) is 1.14. The molecule has 0 bridgehead atoms. The highest BCUT2D eigenvalue weighted by molar-refractivity contribution is 5.73. The third kappa shape index (κ3) is 3.32. The Morgan fingerprint density at radius 1 is 1.56 bits per heavy atom. The third-order valence-corrected chi connectivity index (χ3v) is 2.09. The van der Waals surface area contributed by atoms with Crippen molar-refractivity contribution in [1.29, 1.82) is 0 Å². The number of rotatable bonds is 6. The van der Waals surface area contributed by atoms with Gasteiger partial charge in [0.2, 0.25) is 0 Å². The molecule has 0 heterocycles. The Labute approximate surface area is 102 Å². The molecular weight excluding hydrogens is 244 g/mol. The Morgan fingerprint density at radius 3 is 2.72 bits per heavy atom. The number of nitro benzene ring substituents is 1. The van der Waals surface area contributed by atoms with E-state index < -0.39 is 16.9 Å². The molecular formula is C10H12N2O6. The normalized spacial score (nSPS) is 11.7. The van der Waals surface area contributed by atoms with Gasteiger partial charge >= 0.3 is 5.97 Å². The summed E-state index contributed by atoms with van der Waals surface area (Å²) in [4.78, 5) is 20.5. The van der Waals surface area contributed by atoms with Gasteiger partial charge in [0.1, 0.15) is 12.6 Å². The van der Waals surface area contributed by atoms with Gasteiger partial charge in [0.25, 0.3) is 5.69 Å². The Morgan fingerprint density at radius 2 is 2.22 bits per heavy atom. The van der Waals surface area contributed by atoms with Crippen molar-refractivity contribution in [3.63, 3.8) is 0 Å². The average Bonchev–Trinajstić information content (AvgIpc) is 2.35. The summed E-state index contributed by atoms with van der Waals surface area (Å²) in [6, 6.07) is 2.55. The van der Waals surface area contributed by atoms with Crippen molar-refractivity contribution in [1.82, 2.24) is 0 Å². The van der Waals surface area contributed by atoms with Crippen molar-refractivity contribution in [2.45, 2.75) is 6.04 Å². The molecule has 1 unspecified atom stereocenters. The summed E-state index contributed by atoms with van der Waals surface area (Å²) in [5.74, 6) is -0.888. The van der Waals surface area contributed by atoms with Gasteiger partial charge in [0.05, 0.1) is 18.1 Å². The van der Waals surface area contributed by atoms with Gasteiger partial charge in [0, 0.05) is 6.07 Å². The number of carboxylic acids is 1. The van der Waals surface area contributed by atoms with E-state index in [1.807, 2.05) is 0 Å². The van der Waals surface area contributed by atoms with Crippen molar-refractivity contribution < 1.29 is 24.3 Å². The zero-order chi connectivity index (χ0) is 13.7. The highest BCUT2D eigenvalue weighted by Gasteiger charge is 2.16. The first kappa shape index (κ1) is 13.7. The third-order valence-electron chi connectivity index (χ3n) is 2.09. The molecule has 8 nitrogen and oxygen atoms in total. The lowest BCUT2D eigenvalue weighted by molar-refractivity contribution is -0.385. The van der Waals surface area contributed by atoms with E-state index in [2.05, 4.69) is 0 Å². The smallest absolute Gasteiger partial charge is 0.324 e. The van der Waals surface area contributed by atoms with Gasteiger partial charge in [-0.25, -0.2) is 0 Å². The van der Waals surface area contributed by atoms with Gasteiger partial charge in [-0.3, -0.25) is 14.9 Å². The first-order valence-corrected chi connectivity index (χ1v) is 4.89. The minimum absolute atomic E-state index is 0.0726. The van der Waals surface area contributed by atoms with Crippen LogP contribution in [0.4, 0.5) is 5.69 Å². The topological polar surface area (TPSA) is 125 Å². The fourth-order valence-corrected chi connectivity index (χ4v) is 1.14. The molecule has 0 spiro atoms. The van der Waals surface area contributed by atoms with Gasteiger partial charge in [-0.05, 0) is 6.07 Å².